The fourth-order valence-electron chi connectivity index (χ4n) is 2.18. The minimum absolute atomic E-state index is 0.385. The molecule has 2 aromatic rings. The van der Waals surface area contributed by atoms with E-state index in [2.05, 4.69) is 41.0 Å². The molecule has 0 spiro atoms. The summed E-state index contributed by atoms with van der Waals surface area (Å²) >= 11 is 0. The smallest absolute Gasteiger partial charge is 0.0828 e. The molecule has 0 atom stereocenters. The third kappa shape index (κ3) is 2.25. The number of rotatable bonds is 4. The molecule has 2 aromatic heterocycles. The van der Waals surface area contributed by atoms with Crippen LogP contribution in [0, 0.1) is 13.8 Å². The zero-order valence-corrected chi connectivity index (χ0v) is 11.7. The molecule has 2 rings (SSSR count). The predicted octanol–water partition coefficient (Wildman–Crippen LogP) is 2.43. The summed E-state index contributed by atoms with van der Waals surface area (Å²) in [7, 11) is 1.95. The maximum absolute atomic E-state index is 4.56. The maximum atomic E-state index is 4.56. The van der Waals surface area contributed by atoms with Crippen molar-refractivity contribution in [1.82, 2.24) is 19.6 Å². The van der Waals surface area contributed by atoms with Crippen molar-refractivity contribution in [2.75, 3.05) is 5.32 Å². The molecule has 98 valence electrons. The van der Waals surface area contributed by atoms with Crippen LogP contribution in [0.25, 0.3) is 0 Å². The Morgan fingerprint density at radius 3 is 2.56 bits per heavy atom. The first kappa shape index (κ1) is 12.7. The number of nitrogens with one attached hydrogen (secondary N) is 1. The van der Waals surface area contributed by atoms with Gasteiger partial charge in [-0.2, -0.15) is 10.2 Å². The van der Waals surface area contributed by atoms with Crippen molar-refractivity contribution in [3.05, 3.63) is 29.3 Å². The SMILES string of the molecule is Cc1nn(C(C)C)c(C)c1NCc1ccnn1C. The molecule has 0 bridgehead atoms. The Labute approximate surface area is 108 Å². The normalized spacial score (nSPS) is 11.2. The summed E-state index contributed by atoms with van der Waals surface area (Å²) in [6, 6.07) is 2.40. The van der Waals surface area contributed by atoms with Crippen molar-refractivity contribution in [2.24, 2.45) is 7.05 Å². The van der Waals surface area contributed by atoms with E-state index in [-0.39, 0.29) is 0 Å². The Morgan fingerprint density at radius 1 is 1.33 bits per heavy atom. The third-order valence-electron chi connectivity index (χ3n) is 3.18. The average molecular weight is 247 g/mol. The summed E-state index contributed by atoms with van der Waals surface area (Å²) in [5, 5.41) is 12.2. The van der Waals surface area contributed by atoms with Gasteiger partial charge in [0.2, 0.25) is 0 Å². The molecule has 0 aliphatic rings. The van der Waals surface area contributed by atoms with Crippen molar-refractivity contribution < 1.29 is 0 Å². The number of aryl methyl sites for hydroxylation is 2. The quantitative estimate of drug-likeness (QED) is 0.902. The Morgan fingerprint density at radius 2 is 2.06 bits per heavy atom. The Hall–Kier alpha value is -1.78. The fourth-order valence-corrected chi connectivity index (χ4v) is 2.18. The second-order valence-electron chi connectivity index (χ2n) is 4.88. The molecule has 1 N–H and O–H groups in total. The molecule has 0 saturated carbocycles. The zero-order valence-electron chi connectivity index (χ0n) is 11.7. The van der Waals surface area contributed by atoms with Crippen LogP contribution < -0.4 is 5.32 Å². The topological polar surface area (TPSA) is 47.7 Å². The highest BCUT2D eigenvalue weighted by molar-refractivity contribution is 5.52. The number of nitrogens with zero attached hydrogens (tertiary/aromatic N) is 4. The fraction of sp³-hybridized carbons (Fsp3) is 0.538. The van der Waals surface area contributed by atoms with Gasteiger partial charge in [0.1, 0.15) is 0 Å². The monoisotopic (exact) mass is 247 g/mol. The van der Waals surface area contributed by atoms with E-state index in [4.69, 9.17) is 0 Å². The highest BCUT2D eigenvalue weighted by Crippen LogP contribution is 2.22. The Bertz CT molecular complexity index is 536. The van der Waals surface area contributed by atoms with Gasteiger partial charge < -0.3 is 5.32 Å². The minimum atomic E-state index is 0.385. The van der Waals surface area contributed by atoms with Crippen LogP contribution in [0.1, 0.15) is 37.0 Å². The lowest BCUT2D eigenvalue weighted by Gasteiger charge is -2.10. The largest absolute Gasteiger partial charge is 0.376 e. The third-order valence-corrected chi connectivity index (χ3v) is 3.18. The van der Waals surface area contributed by atoms with E-state index in [1.54, 1.807) is 0 Å². The van der Waals surface area contributed by atoms with E-state index in [1.165, 1.54) is 5.69 Å². The molecule has 5 heteroatoms. The van der Waals surface area contributed by atoms with E-state index in [1.807, 2.05) is 30.9 Å². The molecule has 2 heterocycles. The number of aromatic nitrogens is 4. The van der Waals surface area contributed by atoms with Crippen LogP contribution in [0.5, 0.6) is 0 Å². The summed E-state index contributed by atoms with van der Waals surface area (Å²) in [6.45, 7) is 9.19. The first-order chi connectivity index (χ1) is 8.50. The van der Waals surface area contributed by atoms with E-state index >= 15 is 0 Å². The van der Waals surface area contributed by atoms with Gasteiger partial charge >= 0.3 is 0 Å². The van der Waals surface area contributed by atoms with Crippen molar-refractivity contribution in [1.29, 1.82) is 0 Å². The first-order valence-electron chi connectivity index (χ1n) is 6.27. The molecular weight excluding hydrogens is 226 g/mol. The molecular formula is C13H21N5. The van der Waals surface area contributed by atoms with Crippen LogP contribution in [0.2, 0.25) is 0 Å². The van der Waals surface area contributed by atoms with Gasteiger partial charge in [-0.25, -0.2) is 0 Å². The van der Waals surface area contributed by atoms with Crippen LogP contribution >= 0.6 is 0 Å². The second kappa shape index (κ2) is 4.84. The highest BCUT2D eigenvalue weighted by atomic mass is 15.3. The van der Waals surface area contributed by atoms with Crippen molar-refractivity contribution in [3.63, 3.8) is 0 Å². The van der Waals surface area contributed by atoms with Gasteiger partial charge in [0.25, 0.3) is 0 Å². The lowest BCUT2D eigenvalue weighted by molar-refractivity contribution is 0.516. The number of hydrogen-bond acceptors (Lipinski definition) is 3. The van der Waals surface area contributed by atoms with E-state index < -0.39 is 0 Å². The zero-order chi connectivity index (χ0) is 13.3. The van der Waals surface area contributed by atoms with Crippen LogP contribution in [-0.4, -0.2) is 19.6 Å². The van der Waals surface area contributed by atoms with Gasteiger partial charge in [0, 0.05) is 19.3 Å². The molecule has 0 amide bonds. The first-order valence-corrected chi connectivity index (χ1v) is 6.27. The summed E-state index contributed by atoms with van der Waals surface area (Å²) in [5.74, 6) is 0. The molecule has 0 aliphatic heterocycles. The second-order valence-corrected chi connectivity index (χ2v) is 4.88. The van der Waals surface area contributed by atoms with Crippen molar-refractivity contribution in [3.8, 4) is 0 Å². The average Bonchev–Trinajstić information content (AvgIpc) is 2.82. The number of hydrogen-bond donors (Lipinski definition) is 1. The van der Waals surface area contributed by atoms with Gasteiger partial charge in [0.05, 0.1) is 29.3 Å². The molecule has 0 unspecified atom stereocenters. The van der Waals surface area contributed by atoms with E-state index in [0.29, 0.717) is 6.04 Å². The molecule has 0 fully saturated rings. The Kier molecular flexibility index (Phi) is 3.41. The van der Waals surface area contributed by atoms with Gasteiger partial charge in [-0.1, -0.05) is 0 Å². The standard InChI is InChI=1S/C13H21N5/c1-9(2)18-11(4)13(10(3)16-18)14-8-12-6-7-15-17(12)5/h6-7,9,14H,8H2,1-5H3. The van der Waals surface area contributed by atoms with E-state index in [9.17, 15) is 0 Å². The highest BCUT2D eigenvalue weighted by Gasteiger charge is 2.13. The van der Waals surface area contributed by atoms with Crippen LogP contribution in [0.3, 0.4) is 0 Å². The van der Waals surface area contributed by atoms with Crippen LogP contribution in [0.15, 0.2) is 12.3 Å². The summed E-state index contributed by atoms with van der Waals surface area (Å²) in [6.07, 6.45) is 1.81. The maximum Gasteiger partial charge on any atom is 0.0828 e. The Balaban J connectivity index is 2.17. The summed E-state index contributed by atoms with van der Waals surface area (Å²) in [5.41, 5.74) is 4.52. The van der Waals surface area contributed by atoms with Crippen molar-refractivity contribution in [2.45, 2.75) is 40.3 Å². The van der Waals surface area contributed by atoms with Crippen LogP contribution in [0.4, 0.5) is 5.69 Å². The van der Waals surface area contributed by atoms with Gasteiger partial charge in [0.15, 0.2) is 0 Å². The van der Waals surface area contributed by atoms with Gasteiger partial charge in [-0.3, -0.25) is 9.36 Å². The van der Waals surface area contributed by atoms with Gasteiger partial charge in [-0.15, -0.1) is 0 Å². The predicted molar refractivity (Wildman–Crippen MR) is 72.6 cm³/mol. The molecule has 5 nitrogen and oxygen atoms in total. The molecule has 0 aromatic carbocycles. The summed E-state index contributed by atoms with van der Waals surface area (Å²) < 4.78 is 3.94. The molecule has 18 heavy (non-hydrogen) atoms. The molecule has 0 radical (unpaired) electrons. The number of anilines is 1. The summed E-state index contributed by atoms with van der Waals surface area (Å²) in [4.78, 5) is 0. The van der Waals surface area contributed by atoms with E-state index in [0.717, 1.165) is 23.6 Å². The lowest BCUT2D eigenvalue weighted by Crippen LogP contribution is -2.08. The minimum Gasteiger partial charge on any atom is -0.376 e. The van der Waals surface area contributed by atoms with Crippen molar-refractivity contribution >= 4 is 5.69 Å². The lowest BCUT2D eigenvalue weighted by atomic mass is 10.3. The molecule has 0 aliphatic carbocycles. The van der Waals surface area contributed by atoms with Crippen LogP contribution in [-0.2, 0) is 13.6 Å². The molecule has 0 saturated heterocycles. The van der Waals surface area contributed by atoms with Gasteiger partial charge in [-0.05, 0) is 33.8 Å².